The molecule has 9 nitrogen and oxygen atoms in total. The minimum absolute atomic E-state index is 0.0466. The van der Waals surface area contributed by atoms with Crippen molar-refractivity contribution in [3.63, 3.8) is 0 Å². The van der Waals surface area contributed by atoms with Gasteiger partial charge in [-0.25, -0.2) is 22.8 Å². The molecule has 0 atom stereocenters. The predicted octanol–water partition coefficient (Wildman–Crippen LogP) is 4.30. The van der Waals surface area contributed by atoms with Gasteiger partial charge in [0.2, 0.25) is 0 Å². The Hall–Kier alpha value is -3.96. The summed E-state index contributed by atoms with van der Waals surface area (Å²) in [7, 11) is -3.67. The molecular formula is C31H32FN5O4S. The third kappa shape index (κ3) is 5.84. The van der Waals surface area contributed by atoms with Crippen LogP contribution in [0.2, 0.25) is 0 Å². The fourth-order valence-electron chi connectivity index (χ4n) is 6.35. The number of nitrogens with one attached hydrogen (secondary N) is 1. The molecule has 4 aromatic rings. The second-order valence-corrected chi connectivity index (χ2v) is 13.9. The molecule has 0 bridgehead atoms. The van der Waals surface area contributed by atoms with Crippen LogP contribution in [0.25, 0.3) is 22.3 Å². The molecule has 6 rings (SSSR count). The van der Waals surface area contributed by atoms with E-state index in [0.717, 1.165) is 80.1 Å². The molecule has 11 heteroatoms. The minimum Gasteiger partial charge on any atom is -0.390 e. The first-order chi connectivity index (χ1) is 19.9. The molecule has 2 fully saturated rings. The highest BCUT2D eigenvalue weighted by Gasteiger charge is 2.51. The van der Waals surface area contributed by atoms with E-state index in [9.17, 15) is 22.7 Å². The number of benzene rings is 1. The van der Waals surface area contributed by atoms with Gasteiger partial charge in [0.1, 0.15) is 11.6 Å². The third-order valence-electron chi connectivity index (χ3n) is 8.28. The van der Waals surface area contributed by atoms with Crippen LogP contribution in [0.15, 0.2) is 65.7 Å². The van der Waals surface area contributed by atoms with E-state index in [1.165, 1.54) is 0 Å². The van der Waals surface area contributed by atoms with E-state index < -0.39 is 27.2 Å². The molecular weight excluding hydrogens is 557 g/mol. The van der Waals surface area contributed by atoms with Crippen molar-refractivity contribution < 1.29 is 22.7 Å². The normalized spacial score (nSPS) is 17.7. The molecule has 1 saturated heterocycles. The van der Waals surface area contributed by atoms with Crippen LogP contribution >= 0.6 is 0 Å². The summed E-state index contributed by atoms with van der Waals surface area (Å²) in [4.78, 5) is 28.8. The minimum atomic E-state index is -3.67. The molecule has 0 unspecified atom stereocenters. The average molecular weight is 590 g/mol. The van der Waals surface area contributed by atoms with Crippen molar-refractivity contribution in [2.24, 2.45) is 5.41 Å². The number of piperidine rings is 1. The second kappa shape index (κ2) is 10.4. The smallest absolute Gasteiger partial charge is 0.251 e. The van der Waals surface area contributed by atoms with Crippen molar-refractivity contribution in [2.75, 3.05) is 24.2 Å². The number of aromatic nitrogens is 3. The zero-order chi connectivity index (χ0) is 29.7. The highest BCUT2D eigenvalue weighted by molar-refractivity contribution is 7.90. The number of sulfone groups is 1. The summed E-state index contributed by atoms with van der Waals surface area (Å²) in [6, 6.07) is 14.6. The number of pyridine rings is 3. The summed E-state index contributed by atoms with van der Waals surface area (Å²) in [5.41, 5.74) is 2.34. The maximum atomic E-state index is 14.0. The molecule has 0 radical (unpaired) electrons. The Kier molecular flexibility index (Phi) is 6.97. The van der Waals surface area contributed by atoms with Crippen molar-refractivity contribution in [3.05, 3.63) is 77.9 Å². The Labute approximate surface area is 243 Å². The number of hydrogen-bond donors (Lipinski definition) is 2. The summed E-state index contributed by atoms with van der Waals surface area (Å²) in [6.07, 6.45) is 6.47. The number of carbonyl (C=O) groups is 1. The third-order valence-corrected chi connectivity index (χ3v) is 9.37. The van der Waals surface area contributed by atoms with Gasteiger partial charge >= 0.3 is 0 Å². The molecule has 1 spiro atoms. The van der Waals surface area contributed by atoms with Gasteiger partial charge in [-0.05, 0) is 86.6 Å². The van der Waals surface area contributed by atoms with Crippen LogP contribution in [0.3, 0.4) is 0 Å². The average Bonchev–Trinajstić information content (AvgIpc) is 2.94. The number of hydrogen-bond acceptors (Lipinski definition) is 8. The van der Waals surface area contributed by atoms with Gasteiger partial charge in [-0.3, -0.25) is 9.78 Å². The standard InChI is InChI=1S/C31H32FN5O4S/c1-30(39)18-31(19-30)8-10-37(11-9-31)28-5-3-4-25(36-28)26-7-6-20-16-33-23(15-27(20)35-26)17-34-29(38)21-12-22(32)14-24(13-21)42(2,40)41/h3-7,12-16,39H,8-11,17-19H2,1-2H3,(H,34,38). The van der Waals surface area contributed by atoms with E-state index in [2.05, 4.69) is 15.2 Å². The van der Waals surface area contributed by atoms with Gasteiger partial charge in [0.25, 0.3) is 5.91 Å². The van der Waals surface area contributed by atoms with Gasteiger partial charge in [-0.2, -0.15) is 0 Å². The summed E-state index contributed by atoms with van der Waals surface area (Å²) in [5, 5.41) is 13.7. The van der Waals surface area contributed by atoms with Crippen LogP contribution in [-0.4, -0.2) is 59.3 Å². The van der Waals surface area contributed by atoms with Gasteiger partial charge in [-0.15, -0.1) is 0 Å². The predicted molar refractivity (Wildman–Crippen MR) is 157 cm³/mol. The monoisotopic (exact) mass is 589 g/mol. The first-order valence-corrected chi connectivity index (χ1v) is 15.8. The zero-order valence-electron chi connectivity index (χ0n) is 23.5. The van der Waals surface area contributed by atoms with Crippen molar-refractivity contribution >= 4 is 32.5 Å². The molecule has 2 aliphatic rings. The fraction of sp³-hybridized carbons (Fsp3) is 0.355. The zero-order valence-corrected chi connectivity index (χ0v) is 24.3. The van der Waals surface area contributed by atoms with Crippen LogP contribution in [0, 0.1) is 11.2 Å². The fourth-order valence-corrected chi connectivity index (χ4v) is 7.02. The molecule has 1 aromatic carbocycles. The van der Waals surface area contributed by atoms with E-state index in [0.29, 0.717) is 16.9 Å². The number of aliphatic hydroxyl groups is 1. The summed E-state index contributed by atoms with van der Waals surface area (Å²) in [6.45, 7) is 3.78. The number of fused-ring (bicyclic) bond motifs is 1. The van der Waals surface area contributed by atoms with Crippen LogP contribution in [0.1, 0.15) is 48.7 Å². The number of amides is 1. The summed E-state index contributed by atoms with van der Waals surface area (Å²) < 4.78 is 37.6. The molecule has 42 heavy (non-hydrogen) atoms. The SMILES string of the molecule is CC1(O)CC2(CCN(c3cccc(-c4ccc5cnc(CNC(=O)c6cc(F)cc(S(C)(=O)=O)c6)cc5n4)n3)CC2)C1. The molecule has 1 aliphatic carbocycles. The van der Waals surface area contributed by atoms with E-state index >= 15 is 0 Å². The Morgan fingerprint density at radius 1 is 1.05 bits per heavy atom. The molecule has 3 aromatic heterocycles. The lowest BCUT2D eigenvalue weighted by atomic mass is 9.56. The van der Waals surface area contributed by atoms with E-state index in [1.54, 1.807) is 12.3 Å². The molecule has 4 heterocycles. The highest BCUT2D eigenvalue weighted by atomic mass is 32.2. The number of rotatable bonds is 6. The van der Waals surface area contributed by atoms with Gasteiger partial charge < -0.3 is 15.3 Å². The van der Waals surface area contributed by atoms with Gasteiger partial charge in [0, 0.05) is 36.5 Å². The van der Waals surface area contributed by atoms with Crippen LogP contribution < -0.4 is 10.2 Å². The van der Waals surface area contributed by atoms with E-state index in [4.69, 9.17) is 9.97 Å². The summed E-state index contributed by atoms with van der Waals surface area (Å²) >= 11 is 0. The molecule has 218 valence electrons. The van der Waals surface area contributed by atoms with Crippen LogP contribution in [0.5, 0.6) is 0 Å². The van der Waals surface area contributed by atoms with Crippen molar-refractivity contribution in [1.29, 1.82) is 0 Å². The lowest BCUT2D eigenvalue weighted by Gasteiger charge is -2.55. The lowest BCUT2D eigenvalue weighted by molar-refractivity contribution is -0.124. The number of anilines is 1. The quantitative estimate of drug-likeness (QED) is 0.341. The summed E-state index contributed by atoms with van der Waals surface area (Å²) in [5.74, 6) is -0.515. The Morgan fingerprint density at radius 2 is 1.79 bits per heavy atom. The largest absolute Gasteiger partial charge is 0.390 e. The Morgan fingerprint density at radius 3 is 2.50 bits per heavy atom. The van der Waals surface area contributed by atoms with E-state index in [-0.39, 0.29) is 22.4 Å². The molecule has 1 saturated carbocycles. The van der Waals surface area contributed by atoms with Crippen molar-refractivity contribution in [2.45, 2.75) is 49.6 Å². The second-order valence-electron chi connectivity index (χ2n) is 11.9. The van der Waals surface area contributed by atoms with Crippen LogP contribution in [0.4, 0.5) is 10.2 Å². The number of nitrogens with zero attached hydrogens (tertiary/aromatic N) is 4. The van der Waals surface area contributed by atoms with Gasteiger partial charge in [0.15, 0.2) is 9.84 Å². The maximum Gasteiger partial charge on any atom is 0.251 e. The first-order valence-electron chi connectivity index (χ1n) is 13.9. The van der Waals surface area contributed by atoms with Crippen molar-refractivity contribution in [3.8, 4) is 11.4 Å². The molecule has 1 amide bonds. The highest BCUT2D eigenvalue weighted by Crippen LogP contribution is 2.54. The van der Waals surface area contributed by atoms with Gasteiger partial charge in [-0.1, -0.05) is 6.07 Å². The molecule has 2 N–H and O–H groups in total. The first kappa shape index (κ1) is 28.2. The Balaban J connectivity index is 1.16. The lowest BCUT2D eigenvalue weighted by Crippen LogP contribution is -2.54. The topological polar surface area (TPSA) is 125 Å². The van der Waals surface area contributed by atoms with Crippen molar-refractivity contribution in [1.82, 2.24) is 20.3 Å². The van der Waals surface area contributed by atoms with E-state index in [1.807, 2.05) is 37.3 Å². The Bertz CT molecular complexity index is 1790. The number of carbonyl (C=O) groups excluding carboxylic acids is 1. The van der Waals surface area contributed by atoms with Gasteiger partial charge in [0.05, 0.1) is 39.6 Å². The number of halogens is 1. The molecule has 1 aliphatic heterocycles. The maximum absolute atomic E-state index is 14.0. The van der Waals surface area contributed by atoms with Crippen LogP contribution in [-0.2, 0) is 16.4 Å².